The van der Waals surface area contributed by atoms with Gasteiger partial charge in [0.1, 0.15) is 4.88 Å². The van der Waals surface area contributed by atoms with Gasteiger partial charge in [0.15, 0.2) is 0 Å². The molecule has 19 heavy (non-hydrogen) atoms. The highest BCUT2D eigenvalue weighted by atomic mass is 35.5. The summed E-state index contributed by atoms with van der Waals surface area (Å²) in [4.78, 5) is 14.3. The first kappa shape index (κ1) is 13.8. The number of nitrogen functional groups attached to an aromatic ring is 1. The number of anilines is 1. The molecule has 0 fully saturated rings. The van der Waals surface area contributed by atoms with Crippen LogP contribution in [0, 0.1) is 6.92 Å². The molecule has 1 heterocycles. The molecule has 5 nitrogen and oxygen atoms in total. The van der Waals surface area contributed by atoms with E-state index in [1.807, 2.05) is 0 Å². The Hall–Kier alpha value is -1.66. The van der Waals surface area contributed by atoms with Crippen LogP contribution in [-0.2, 0) is 6.54 Å². The van der Waals surface area contributed by atoms with Gasteiger partial charge in [0.25, 0.3) is 5.91 Å². The van der Waals surface area contributed by atoms with Crippen LogP contribution >= 0.6 is 23.1 Å². The van der Waals surface area contributed by atoms with E-state index in [0.717, 1.165) is 17.1 Å². The number of amides is 1. The maximum absolute atomic E-state index is 12.2. The van der Waals surface area contributed by atoms with E-state index < -0.39 is 0 Å². The molecule has 1 aromatic heterocycles. The average Bonchev–Trinajstić information content (AvgIpc) is 2.79. The highest BCUT2D eigenvalue weighted by Crippen LogP contribution is 2.21. The standard InChI is InChI=1S/C12H13ClN4OS/c1-7-11(19-16-15-7)12(18)17(2)6-8-5-9(14)3-4-10(8)13/h3-5H,6,14H2,1-2H3. The van der Waals surface area contributed by atoms with Gasteiger partial charge in [-0.2, -0.15) is 0 Å². The Kier molecular flexibility index (Phi) is 4.01. The van der Waals surface area contributed by atoms with Gasteiger partial charge in [-0.15, -0.1) is 5.10 Å². The Morgan fingerprint density at radius 3 is 2.89 bits per heavy atom. The van der Waals surface area contributed by atoms with Crippen molar-refractivity contribution in [3.05, 3.63) is 39.4 Å². The summed E-state index contributed by atoms with van der Waals surface area (Å²) in [6.07, 6.45) is 0. The molecule has 0 radical (unpaired) electrons. The first-order valence-corrected chi connectivity index (χ1v) is 6.72. The maximum Gasteiger partial charge on any atom is 0.267 e. The zero-order valence-electron chi connectivity index (χ0n) is 10.6. The topological polar surface area (TPSA) is 72.1 Å². The van der Waals surface area contributed by atoms with Crippen LogP contribution in [0.15, 0.2) is 18.2 Å². The van der Waals surface area contributed by atoms with Gasteiger partial charge in [-0.3, -0.25) is 4.79 Å². The molecule has 0 saturated heterocycles. The van der Waals surface area contributed by atoms with Crippen molar-refractivity contribution in [1.29, 1.82) is 0 Å². The second-order valence-electron chi connectivity index (χ2n) is 4.20. The highest BCUT2D eigenvalue weighted by Gasteiger charge is 2.18. The summed E-state index contributed by atoms with van der Waals surface area (Å²) < 4.78 is 3.76. The zero-order valence-corrected chi connectivity index (χ0v) is 12.1. The lowest BCUT2D eigenvalue weighted by atomic mass is 10.2. The van der Waals surface area contributed by atoms with Crippen LogP contribution in [0.5, 0.6) is 0 Å². The lowest BCUT2D eigenvalue weighted by Crippen LogP contribution is -2.26. The first-order valence-electron chi connectivity index (χ1n) is 5.57. The summed E-state index contributed by atoms with van der Waals surface area (Å²) in [6.45, 7) is 2.15. The van der Waals surface area contributed by atoms with Crippen LogP contribution in [0.25, 0.3) is 0 Å². The number of hydrogen-bond acceptors (Lipinski definition) is 5. The van der Waals surface area contributed by atoms with Crippen molar-refractivity contribution >= 4 is 34.7 Å². The van der Waals surface area contributed by atoms with Gasteiger partial charge in [-0.25, -0.2) is 0 Å². The molecule has 0 spiro atoms. The molecular formula is C12H13ClN4OS. The minimum Gasteiger partial charge on any atom is -0.399 e. The van der Waals surface area contributed by atoms with Crippen molar-refractivity contribution < 1.29 is 4.79 Å². The van der Waals surface area contributed by atoms with E-state index >= 15 is 0 Å². The maximum atomic E-state index is 12.2. The number of rotatable bonds is 3. The Morgan fingerprint density at radius 1 is 1.53 bits per heavy atom. The van der Waals surface area contributed by atoms with Crippen LogP contribution < -0.4 is 5.73 Å². The molecule has 2 rings (SSSR count). The van der Waals surface area contributed by atoms with E-state index in [9.17, 15) is 4.79 Å². The molecule has 0 bridgehead atoms. The second kappa shape index (κ2) is 5.54. The quantitative estimate of drug-likeness (QED) is 0.883. The van der Waals surface area contributed by atoms with Crippen molar-refractivity contribution in [2.75, 3.05) is 12.8 Å². The smallest absolute Gasteiger partial charge is 0.267 e. The Morgan fingerprint density at radius 2 is 2.26 bits per heavy atom. The fraction of sp³-hybridized carbons (Fsp3) is 0.250. The summed E-state index contributed by atoms with van der Waals surface area (Å²) in [5.41, 5.74) is 7.79. The van der Waals surface area contributed by atoms with Crippen molar-refractivity contribution in [1.82, 2.24) is 14.5 Å². The molecule has 0 unspecified atom stereocenters. The molecule has 1 amide bonds. The van der Waals surface area contributed by atoms with E-state index in [-0.39, 0.29) is 5.91 Å². The molecule has 0 aliphatic carbocycles. The fourth-order valence-electron chi connectivity index (χ4n) is 1.64. The van der Waals surface area contributed by atoms with E-state index in [1.54, 1.807) is 37.1 Å². The second-order valence-corrected chi connectivity index (χ2v) is 5.36. The van der Waals surface area contributed by atoms with Gasteiger partial charge in [0, 0.05) is 24.3 Å². The molecule has 1 aromatic carbocycles. The lowest BCUT2D eigenvalue weighted by Gasteiger charge is -2.17. The van der Waals surface area contributed by atoms with Crippen LogP contribution in [-0.4, -0.2) is 27.4 Å². The van der Waals surface area contributed by atoms with Gasteiger partial charge in [0.2, 0.25) is 0 Å². The molecule has 0 atom stereocenters. The number of halogens is 1. The van der Waals surface area contributed by atoms with Gasteiger partial charge in [0.05, 0.1) is 5.69 Å². The number of nitrogens with zero attached hydrogens (tertiary/aromatic N) is 3. The Bertz CT molecular complexity index is 614. The number of aromatic nitrogens is 2. The van der Waals surface area contributed by atoms with E-state index in [2.05, 4.69) is 9.59 Å². The average molecular weight is 297 g/mol. The molecule has 0 saturated carbocycles. The van der Waals surface area contributed by atoms with Crippen LogP contribution in [0.4, 0.5) is 5.69 Å². The fourth-order valence-corrected chi connectivity index (χ4v) is 2.47. The molecule has 100 valence electrons. The third kappa shape index (κ3) is 3.02. The predicted molar refractivity (Wildman–Crippen MR) is 76.3 cm³/mol. The number of nitrogens with two attached hydrogens (primary N) is 1. The van der Waals surface area contributed by atoms with Gasteiger partial charge in [-0.05, 0) is 42.2 Å². The van der Waals surface area contributed by atoms with Crippen LogP contribution in [0.3, 0.4) is 0 Å². The van der Waals surface area contributed by atoms with Crippen molar-refractivity contribution in [2.24, 2.45) is 0 Å². The lowest BCUT2D eigenvalue weighted by molar-refractivity contribution is 0.0789. The summed E-state index contributed by atoms with van der Waals surface area (Å²) in [5.74, 6) is -0.119. The predicted octanol–water partition coefficient (Wildman–Crippen LogP) is 2.35. The van der Waals surface area contributed by atoms with Crippen molar-refractivity contribution in [3.63, 3.8) is 0 Å². The Labute approximate surface area is 120 Å². The Balaban J connectivity index is 2.17. The van der Waals surface area contributed by atoms with Crippen molar-refractivity contribution in [2.45, 2.75) is 13.5 Å². The molecule has 7 heteroatoms. The van der Waals surface area contributed by atoms with Gasteiger partial charge >= 0.3 is 0 Å². The number of carbonyl (C=O) groups excluding carboxylic acids is 1. The zero-order chi connectivity index (χ0) is 14.0. The summed E-state index contributed by atoms with van der Waals surface area (Å²) >= 11 is 7.18. The summed E-state index contributed by atoms with van der Waals surface area (Å²) in [6, 6.07) is 5.22. The molecule has 0 aliphatic rings. The minimum atomic E-state index is -0.119. The SMILES string of the molecule is Cc1nnsc1C(=O)N(C)Cc1cc(N)ccc1Cl. The van der Waals surface area contributed by atoms with Crippen LogP contribution in [0.2, 0.25) is 5.02 Å². The van der Waals surface area contributed by atoms with E-state index in [0.29, 0.717) is 27.8 Å². The third-order valence-corrected chi connectivity index (χ3v) is 3.85. The number of aryl methyl sites for hydroxylation is 1. The molecule has 2 aromatic rings. The number of carbonyl (C=O) groups is 1. The van der Waals surface area contributed by atoms with Crippen molar-refractivity contribution in [3.8, 4) is 0 Å². The number of benzene rings is 1. The molecule has 0 aliphatic heterocycles. The molecular weight excluding hydrogens is 284 g/mol. The van der Waals surface area contributed by atoms with E-state index in [4.69, 9.17) is 17.3 Å². The summed E-state index contributed by atoms with van der Waals surface area (Å²) in [5, 5.41) is 4.42. The summed E-state index contributed by atoms with van der Waals surface area (Å²) in [7, 11) is 1.71. The van der Waals surface area contributed by atoms with Crippen LogP contribution in [0.1, 0.15) is 20.9 Å². The third-order valence-electron chi connectivity index (χ3n) is 2.67. The minimum absolute atomic E-state index is 0.119. The molecule has 2 N–H and O–H groups in total. The van der Waals surface area contributed by atoms with Gasteiger partial charge in [-0.1, -0.05) is 16.1 Å². The number of hydrogen-bond donors (Lipinski definition) is 1. The monoisotopic (exact) mass is 296 g/mol. The van der Waals surface area contributed by atoms with E-state index in [1.165, 1.54) is 0 Å². The highest BCUT2D eigenvalue weighted by molar-refractivity contribution is 7.07. The normalized spacial score (nSPS) is 10.5. The first-order chi connectivity index (χ1) is 8.99. The largest absolute Gasteiger partial charge is 0.399 e. The van der Waals surface area contributed by atoms with Gasteiger partial charge < -0.3 is 10.6 Å².